The zero-order valence-electron chi connectivity index (χ0n) is 3.83. The Morgan fingerprint density at radius 3 is 2.14 bits per heavy atom. The Bertz CT molecular complexity index is 52.1. The third-order valence-corrected chi connectivity index (χ3v) is 1.50. The van der Waals surface area contributed by atoms with E-state index in [9.17, 15) is 0 Å². The van der Waals surface area contributed by atoms with Gasteiger partial charge in [0.25, 0.3) is 0 Å². The van der Waals surface area contributed by atoms with Crippen LogP contribution in [0.5, 0.6) is 0 Å². The van der Waals surface area contributed by atoms with E-state index in [0.29, 0.717) is 13.2 Å². The first-order valence-electron chi connectivity index (χ1n) is 2.14. The molecule has 0 saturated carbocycles. The molecule has 42 valence electrons. The predicted molar refractivity (Wildman–Crippen MR) is 25.7 cm³/mol. The summed E-state index contributed by atoms with van der Waals surface area (Å²) >= 11 is 0. The minimum atomic E-state index is -1.49. The molecule has 4 heteroatoms. The maximum Gasteiger partial charge on any atom is 0.329 e. The Kier molecular flexibility index (Phi) is 2.00. The van der Waals surface area contributed by atoms with Gasteiger partial charge in [0.05, 0.1) is 13.2 Å². The minimum absolute atomic E-state index is 0.641. The molecule has 0 amide bonds. The van der Waals surface area contributed by atoms with E-state index in [1.807, 2.05) is 0 Å². The fraction of sp³-hybridized carbons (Fsp3) is 1.00. The summed E-state index contributed by atoms with van der Waals surface area (Å²) in [6.45, 7) is 1.28. The molecule has 1 aliphatic rings. The Morgan fingerprint density at radius 1 is 1.29 bits per heavy atom. The molecule has 1 fully saturated rings. The highest BCUT2D eigenvalue weighted by atomic mass is 31.2. The van der Waals surface area contributed by atoms with E-state index < -0.39 is 8.60 Å². The van der Waals surface area contributed by atoms with Gasteiger partial charge in [-0.05, 0) is 6.42 Å². The van der Waals surface area contributed by atoms with Crippen LogP contribution < -0.4 is 0 Å². The van der Waals surface area contributed by atoms with Crippen molar-refractivity contribution in [3.05, 3.63) is 0 Å². The number of rotatable bonds is 0. The summed E-state index contributed by atoms with van der Waals surface area (Å²) in [4.78, 5) is 8.53. The van der Waals surface area contributed by atoms with E-state index in [1.165, 1.54) is 0 Å². The fourth-order valence-corrected chi connectivity index (χ4v) is 1.03. The highest BCUT2D eigenvalue weighted by molar-refractivity contribution is 7.40. The third kappa shape index (κ3) is 1.70. The number of hydrogen-bond donors (Lipinski definition) is 1. The maximum atomic E-state index is 8.53. The molecule has 0 radical (unpaired) electrons. The summed E-state index contributed by atoms with van der Waals surface area (Å²) < 4.78 is 9.35. The second-order valence-electron chi connectivity index (χ2n) is 1.26. The minimum Gasteiger partial charge on any atom is -0.328 e. The Labute approximate surface area is 43.2 Å². The lowest BCUT2D eigenvalue weighted by atomic mass is 10.5. The van der Waals surface area contributed by atoms with Crippen LogP contribution in [0.2, 0.25) is 0 Å². The van der Waals surface area contributed by atoms with E-state index in [0.717, 1.165) is 6.42 Å². The lowest BCUT2D eigenvalue weighted by molar-refractivity contribution is 0.143. The van der Waals surface area contributed by atoms with Gasteiger partial charge in [-0.15, -0.1) is 0 Å². The van der Waals surface area contributed by atoms with Crippen LogP contribution in [0.3, 0.4) is 0 Å². The molecule has 1 aliphatic heterocycles. The van der Waals surface area contributed by atoms with Crippen LogP contribution in [-0.2, 0) is 9.05 Å². The molecule has 3 nitrogen and oxygen atoms in total. The van der Waals surface area contributed by atoms with Gasteiger partial charge in [0.15, 0.2) is 0 Å². The molecular formula is C3H7O3P. The predicted octanol–water partition coefficient (Wildman–Crippen LogP) is 0.642. The molecule has 0 aromatic heterocycles. The van der Waals surface area contributed by atoms with Crippen LogP contribution in [0.4, 0.5) is 0 Å². The van der Waals surface area contributed by atoms with Crippen molar-refractivity contribution in [2.45, 2.75) is 6.42 Å². The molecule has 0 unspecified atom stereocenters. The second kappa shape index (κ2) is 2.58. The zero-order valence-corrected chi connectivity index (χ0v) is 4.73. The van der Waals surface area contributed by atoms with Crippen LogP contribution in [0.15, 0.2) is 0 Å². The van der Waals surface area contributed by atoms with Crippen molar-refractivity contribution in [3.8, 4) is 0 Å². The molecule has 0 spiro atoms. The van der Waals surface area contributed by atoms with Gasteiger partial charge in [-0.25, -0.2) is 0 Å². The SMILES string of the molecule is OP1OCCCO1. The average molecular weight is 122 g/mol. The molecule has 1 N–H and O–H groups in total. The third-order valence-electron chi connectivity index (χ3n) is 0.692. The molecule has 0 atom stereocenters. The molecule has 0 bridgehead atoms. The van der Waals surface area contributed by atoms with Crippen molar-refractivity contribution >= 4 is 8.60 Å². The van der Waals surface area contributed by atoms with E-state index in [-0.39, 0.29) is 0 Å². The number of hydrogen-bond acceptors (Lipinski definition) is 3. The van der Waals surface area contributed by atoms with Crippen molar-refractivity contribution < 1.29 is 13.9 Å². The zero-order chi connectivity index (χ0) is 5.11. The van der Waals surface area contributed by atoms with Crippen molar-refractivity contribution in [2.24, 2.45) is 0 Å². The fourth-order valence-electron chi connectivity index (χ4n) is 0.381. The van der Waals surface area contributed by atoms with Crippen LogP contribution in [0.1, 0.15) is 6.42 Å². The van der Waals surface area contributed by atoms with E-state index >= 15 is 0 Å². The molecule has 0 aromatic rings. The van der Waals surface area contributed by atoms with Gasteiger partial charge in [0.2, 0.25) is 0 Å². The van der Waals surface area contributed by atoms with Crippen molar-refractivity contribution in [1.82, 2.24) is 0 Å². The van der Waals surface area contributed by atoms with Gasteiger partial charge in [-0.3, -0.25) is 0 Å². The highest BCUT2D eigenvalue weighted by Crippen LogP contribution is 2.35. The van der Waals surface area contributed by atoms with Crippen LogP contribution >= 0.6 is 8.60 Å². The van der Waals surface area contributed by atoms with Crippen LogP contribution in [0.25, 0.3) is 0 Å². The Balaban J connectivity index is 2.12. The summed E-state index contributed by atoms with van der Waals surface area (Å²) in [7, 11) is -1.49. The summed E-state index contributed by atoms with van der Waals surface area (Å²) in [5.41, 5.74) is 0. The van der Waals surface area contributed by atoms with Gasteiger partial charge in [0.1, 0.15) is 0 Å². The van der Waals surface area contributed by atoms with E-state index in [4.69, 9.17) is 4.89 Å². The van der Waals surface area contributed by atoms with Gasteiger partial charge in [0, 0.05) is 0 Å². The van der Waals surface area contributed by atoms with Crippen molar-refractivity contribution in [2.75, 3.05) is 13.2 Å². The second-order valence-corrected chi connectivity index (χ2v) is 2.25. The molecule has 1 rings (SSSR count). The van der Waals surface area contributed by atoms with Crippen molar-refractivity contribution in [1.29, 1.82) is 0 Å². The van der Waals surface area contributed by atoms with Gasteiger partial charge in [-0.2, -0.15) is 0 Å². The normalized spacial score (nSPS) is 25.3. The molecule has 1 saturated heterocycles. The highest BCUT2D eigenvalue weighted by Gasteiger charge is 2.10. The van der Waals surface area contributed by atoms with E-state index in [1.54, 1.807) is 0 Å². The topological polar surface area (TPSA) is 38.7 Å². The standard InChI is InChI=1S/C3H7O3P/c4-7-5-2-1-3-6-7/h4H,1-3H2. The largest absolute Gasteiger partial charge is 0.329 e. The summed E-state index contributed by atoms with van der Waals surface area (Å²) in [6, 6.07) is 0. The Morgan fingerprint density at radius 2 is 1.86 bits per heavy atom. The first-order valence-corrected chi connectivity index (χ1v) is 3.27. The molecule has 0 aliphatic carbocycles. The lowest BCUT2D eigenvalue weighted by Crippen LogP contribution is -2.03. The van der Waals surface area contributed by atoms with Crippen LogP contribution in [-0.4, -0.2) is 18.1 Å². The van der Waals surface area contributed by atoms with Gasteiger partial charge in [-0.1, -0.05) is 0 Å². The smallest absolute Gasteiger partial charge is 0.328 e. The molecule has 7 heavy (non-hydrogen) atoms. The summed E-state index contributed by atoms with van der Waals surface area (Å²) in [6.07, 6.45) is 0.902. The van der Waals surface area contributed by atoms with E-state index in [2.05, 4.69) is 9.05 Å². The summed E-state index contributed by atoms with van der Waals surface area (Å²) in [5, 5.41) is 0. The Hall–Kier alpha value is 0.310. The van der Waals surface area contributed by atoms with Gasteiger partial charge < -0.3 is 13.9 Å². The first kappa shape index (κ1) is 5.45. The van der Waals surface area contributed by atoms with Gasteiger partial charge >= 0.3 is 8.60 Å². The maximum absolute atomic E-state index is 8.53. The summed E-state index contributed by atoms with van der Waals surface area (Å²) in [5.74, 6) is 0. The van der Waals surface area contributed by atoms with Crippen LogP contribution in [0, 0.1) is 0 Å². The quantitative estimate of drug-likeness (QED) is 0.479. The molecule has 0 aromatic carbocycles. The lowest BCUT2D eigenvalue weighted by Gasteiger charge is -2.14. The molecule has 1 heterocycles. The first-order chi connectivity index (χ1) is 3.39. The van der Waals surface area contributed by atoms with Crippen molar-refractivity contribution in [3.63, 3.8) is 0 Å². The monoisotopic (exact) mass is 122 g/mol. The average Bonchev–Trinajstić information content (AvgIpc) is 1.69. The molecular weight excluding hydrogens is 115 g/mol.